The van der Waals surface area contributed by atoms with Crippen LogP contribution in [-0.2, 0) is 17.1 Å². The monoisotopic (exact) mass is 261 g/mol. The molecule has 0 aliphatic carbocycles. The molecule has 0 bridgehead atoms. The first kappa shape index (κ1) is 13.4. The second-order valence-electron chi connectivity index (χ2n) is 3.67. The number of rotatable bonds is 7. The standard InChI is InChI=1S/C10H16ClN3OS/c1-14(6-9(12)15)4-2-3-10-13-8(5-11)7-16-10/h7H,2-6H2,1H3,(H2,12,15). The van der Waals surface area contributed by atoms with Gasteiger partial charge in [0.05, 0.1) is 23.1 Å². The van der Waals surface area contributed by atoms with Crippen molar-refractivity contribution in [3.63, 3.8) is 0 Å². The Morgan fingerprint density at radius 1 is 1.69 bits per heavy atom. The average Bonchev–Trinajstić information content (AvgIpc) is 2.64. The number of alkyl halides is 1. The van der Waals surface area contributed by atoms with Crippen LogP contribution >= 0.6 is 22.9 Å². The first-order valence-corrected chi connectivity index (χ1v) is 6.49. The van der Waals surface area contributed by atoms with Crippen LogP contribution in [0.15, 0.2) is 5.38 Å². The number of nitrogens with two attached hydrogens (primary N) is 1. The Morgan fingerprint density at radius 2 is 2.44 bits per heavy atom. The number of aryl methyl sites for hydroxylation is 1. The number of thiazole rings is 1. The SMILES string of the molecule is CN(CCCc1nc(CCl)cs1)CC(N)=O. The highest BCUT2D eigenvalue weighted by molar-refractivity contribution is 7.09. The van der Waals surface area contributed by atoms with Gasteiger partial charge in [0.15, 0.2) is 0 Å². The number of carbonyl (C=O) groups excluding carboxylic acids is 1. The first-order chi connectivity index (χ1) is 7.61. The normalized spacial score (nSPS) is 10.9. The van der Waals surface area contributed by atoms with E-state index in [1.165, 1.54) is 0 Å². The minimum atomic E-state index is -0.291. The number of amides is 1. The molecule has 4 nitrogen and oxygen atoms in total. The summed E-state index contributed by atoms with van der Waals surface area (Å²) < 4.78 is 0. The summed E-state index contributed by atoms with van der Waals surface area (Å²) in [5.41, 5.74) is 6.03. The number of hydrogen-bond donors (Lipinski definition) is 1. The fraction of sp³-hybridized carbons (Fsp3) is 0.600. The molecule has 0 fully saturated rings. The summed E-state index contributed by atoms with van der Waals surface area (Å²) >= 11 is 7.30. The van der Waals surface area contributed by atoms with Crippen LogP contribution in [0.2, 0.25) is 0 Å². The minimum absolute atomic E-state index is 0.291. The minimum Gasteiger partial charge on any atom is -0.369 e. The van der Waals surface area contributed by atoms with Gasteiger partial charge in [-0.3, -0.25) is 9.69 Å². The van der Waals surface area contributed by atoms with Gasteiger partial charge in [-0.25, -0.2) is 4.98 Å². The van der Waals surface area contributed by atoms with Crippen molar-refractivity contribution < 1.29 is 4.79 Å². The maximum atomic E-state index is 10.6. The van der Waals surface area contributed by atoms with Crippen molar-refractivity contribution >= 4 is 28.8 Å². The molecule has 0 atom stereocenters. The molecule has 1 heterocycles. The summed E-state index contributed by atoms with van der Waals surface area (Å²) in [4.78, 5) is 16.9. The van der Waals surface area contributed by atoms with Crippen molar-refractivity contribution in [1.82, 2.24) is 9.88 Å². The van der Waals surface area contributed by atoms with Crippen molar-refractivity contribution in [2.24, 2.45) is 5.73 Å². The summed E-state index contributed by atoms with van der Waals surface area (Å²) in [6.07, 6.45) is 1.89. The summed E-state index contributed by atoms with van der Waals surface area (Å²) in [7, 11) is 1.89. The van der Waals surface area contributed by atoms with Gasteiger partial charge in [0.25, 0.3) is 0 Å². The van der Waals surface area contributed by atoms with Crippen LogP contribution in [0.5, 0.6) is 0 Å². The molecule has 1 amide bonds. The number of likely N-dealkylation sites (N-methyl/N-ethyl adjacent to an activating group) is 1. The lowest BCUT2D eigenvalue weighted by Gasteiger charge is -2.13. The van der Waals surface area contributed by atoms with Gasteiger partial charge in [-0.2, -0.15) is 0 Å². The van der Waals surface area contributed by atoms with E-state index < -0.39 is 0 Å². The van der Waals surface area contributed by atoms with Gasteiger partial charge in [-0.1, -0.05) is 0 Å². The number of halogens is 1. The van der Waals surface area contributed by atoms with E-state index >= 15 is 0 Å². The molecule has 1 rings (SSSR count). The van der Waals surface area contributed by atoms with Gasteiger partial charge in [0.2, 0.25) is 5.91 Å². The van der Waals surface area contributed by atoms with E-state index in [1.54, 1.807) is 11.3 Å². The molecule has 1 aromatic rings. The van der Waals surface area contributed by atoms with E-state index in [9.17, 15) is 4.79 Å². The Balaban J connectivity index is 2.22. The molecule has 0 saturated heterocycles. The maximum Gasteiger partial charge on any atom is 0.231 e. The number of carbonyl (C=O) groups is 1. The van der Waals surface area contributed by atoms with Crippen molar-refractivity contribution in [1.29, 1.82) is 0 Å². The molecule has 16 heavy (non-hydrogen) atoms. The third-order valence-corrected chi connectivity index (χ3v) is 3.32. The van der Waals surface area contributed by atoms with E-state index in [4.69, 9.17) is 17.3 Å². The molecule has 0 aromatic carbocycles. The highest BCUT2D eigenvalue weighted by Gasteiger charge is 2.04. The smallest absolute Gasteiger partial charge is 0.231 e. The summed E-state index contributed by atoms with van der Waals surface area (Å²) in [5.74, 6) is 0.180. The second-order valence-corrected chi connectivity index (χ2v) is 4.88. The summed E-state index contributed by atoms with van der Waals surface area (Å²) in [5, 5.41) is 3.08. The van der Waals surface area contributed by atoms with E-state index in [1.807, 2.05) is 17.3 Å². The fourth-order valence-corrected chi connectivity index (χ4v) is 2.44. The van der Waals surface area contributed by atoms with E-state index in [-0.39, 0.29) is 5.91 Å². The Morgan fingerprint density at radius 3 is 3.00 bits per heavy atom. The summed E-state index contributed by atoms with van der Waals surface area (Å²) in [6.45, 7) is 1.16. The summed E-state index contributed by atoms with van der Waals surface area (Å²) in [6, 6.07) is 0. The number of hydrogen-bond acceptors (Lipinski definition) is 4. The van der Waals surface area contributed by atoms with Crippen LogP contribution in [-0.4, -0.2) is 35.9 Å². The molecule has 0 spiro atoms. The number of nitrogens with zero attached hydrogens (tertiary/aromatic N) is 2. The van der Waals surface area contributed by atoms with Crippen LogP contribution < -0.4 is 5.73 Å². The molecule has 6 heteroatoms. The van der Waals surface area contributed by atoms with Gasteiger partial charge in [0.1, 0.15) is 0 Å². The number of primary amides is 1. The van der Waals surface area contributed by atoms with E-state index in [2.05, 4.69) is 4.98 Å². The first-order valence-electron chi connectivity index (χ1n) is 5.08. The zero-order valence-electron chi connectivity index (χ0n) is 9.28. The zero-order valence-corrected chi connectivity index (χ0v) is 10.9. The molecule has 1 aromatic heterocycles. The maximum absolute atomic E-state index is 10.6. The largest absolute Gasteiger partial charge is 0.369 e. The third-order valence-electron chi connectivity index (χ3n) is 2.09. The van der Waals surface area contributed by atoms with E-state index in [0.717, 1.165) is 30.1 Å². The third kappa shape index (κ3) is 4.92. The van der Waals surface area contributed by atoms with Gasteiger partial charge in [-0.15, -0.1) is 22.9 Å². The fourth-order valence-electron chi connectivity index (χ4n) is 1.37. The Kier molecular flexibility index (Phi) is 5.73. The topological polar surface area (TPSA) is 59.2 Å². The van der Waals surface area contributed by atoms with Gasteiger partial charge in [0, 0.05) is 11.8 Å². The molecule has 0 aliphatic heterocycles. The molecule has 2 N–H and O–H groups in total. The van der Waals surface area contributed by atoms with Crippen molar-refractivity contribution in [2.45, 2.75) is 18.7 Å². The molecule has 0 unspecified atom stereocenters. The Bertz CT molecular complexity index is 343. The molecular weight excluding hydrogens is 246 g/mol. The van der Waals surface area contributed by atoms with Crippen LogP contribution in [0, 0.1) is 0 Å². The van der Waals surface area contributed by atoms with Crippen LogP contribution in [0.1, 0.15) is 17.1 Å². The lowest BCUT2D eigenvalue weighted by molar-refractivity contribution is -0.118. The molecule has 0 aliphatic rings. The van der Waals surface area contributed by atoms with Gasteiger partial charge >= 0.3 is 0 Å². The highest BCUT2D eigenvalue weighted by Crippen LogP contribution is 2.13. The van der Waals surface area contributed by atoms with Gasteiger partial charge in [-0.05, 0) is 20.0 Å². The average molecular weight is 262 g/mol. The van der Waals surface area contributed by atoms with Crippen LogP contribution in [0.25, 0.3) is 0 Å². The molecular formula is C10H16ClN3OS. The molecule has 90 valence electrons. The van der Waals surface area contributed by atoms with Gasteiger partial charge < -0.3 is 5.73 Å². The predicted molar refractivity (Wildman–Crippen MR) is 66.7 cm³/mol. The highest BCUT2D eigenvalue weighted by atomic mass is 35.5. The molecule has 0 saturated carbocycles. The van der Waals surface area contributed by atoms with Crippen LogP contribution in [0.3, 0.4) is 0 Å². The number of aromatic nitrogens is 1. The van der Waals surface area contributed by atoms with Crippen LogP contribution in [0.4, 0.5) is 0 Å². The second kappa shape index (κ2) is 6.83. The van der Waals surface area contributed by atoms with Crippen molar-refractivity contribution in [3.05, 3.63) is 16.1 Å². The Labute approximate surface area is 104 Å². The van der Waals surface area contributed by atoms with Crippen molar-refractivity contribution in [3.8, 4) is 0 Å². The quantitative estimate of drug-likeness (QED) is 0.751. The predicted octanol–water partition coefficient (Wildman–Crippen LogP) is 1.23. The molecule has 0 radical (unpaired) electrons. The van der Waals surface area contributed by atoms with Crippen molar-refractivity contribution in [2.75, 3.05) is 20.1 Å². The van der Waals surface area contributed by atoms with E-state index in [0.29, 0.717) is 12.4 Å². The lowest BCUT2D eigenvalue weighted by Crippen LogP contribution is -2.31. The zero-order chi connectivity index (χ0) is 12.0. The Hall–Kier alpha value is -0.650. The lowest BCUT2D eigenvalue weighted by atomic mass is 10.3.